The summed E-state index contributed by atoms with van der Waals surface area (Å²) in [5.74, 6) is 0.667. The van der Waals surface area contributed by atoms with E-state index in [9.17, 15) is 9.59 Å². The monoisotopic (exact) mass is 579 g/mol. The Labute approximate surface area is 250 Å². The van der Waals surface area contributed by atoms with E-state index in [1.165, 1.54) is 0 Å². The number of hydrogen-bond acceptors (Lipinski definition) is 7. The van der Waals surface area contributed by atoms with Crippen LogP contribution >= 0.6 is 0 Å². The van der Waals surface area contributed by atoms with Gasteiger partial charge in [0.2, 0.25) is 0 Å². The standard InChI is InChI=1S/C33H37N7O3/c1-19(2)40-30-15-23(13-26(28(30)17-37-40)32(41)34-16-27-20(3)12-21(4)38-33(27)42)22-6-7-25-29(14-22)35-18-36-31(25)39-10-8-24(43-5)9-11-39/h6-7,12-15,17-19,24H,8-11,16H2,1-5H3,(H,34,41)(H,38,42). The van der Waals surface area contributed by atoms with Gasteiger partial charge in [0.25, 0.3) is 11.5 Å². The first-order chi connectivity index (χ1) is 20.7. The average Bonchev–Trinajstić information content (AvgIpc) is 3.44. The van der Waals surface area contributed by atoms with Crippen LogP contribution in [0.2, 0.25) is 0 Å². The summed E-state index contributed by atoms with van der Waals surface area (Å²) in [5.41, 5.74) is 6.02. The molecule has 0 unspecified atom stereocenters. The van der Waals surface area contributed by atoms with E-state index in [2.05, 4.69) is 68.4 Å². The van der Waals surface area contributed by atoms with Gasteiger partial charge in [-0.2, -0.15) is 5.10 Å². The van der Waals surface area contributed by atoms with E-state index in [-0.39, 0.29) is 30.2 Å². The van der Waals surface area contributed by atoms with Crippen LogP contribution < -0.4 is 15.8 Å². The number of amides is 1. The van der Waals surface area contributed by atoms with Gasteiger partial charge < -0.3 is 19.9 Å². The van der Waals surface area contributed by atoms with Gasteiger partial charge in [0.15, 0.2) is 0 Å². The maximum absolute atomic E-state index is 13.7. The molecule has 0 radical (unpaired) electrons. The average molecular weight is 580 g/mol. The zero-order valence-electron chi connectivity index (χ0n) is 25.3. The van der Waals surface area contributed by atoms with Crippen molar-refractivity contribution >= 4 is 33.5 Å². The summed E-state index contributed by atoms with van der Waals surface area (Å²) in [6.07, 6.45) is 5.58. The summed E-state index contributed by atoms with van der Waals surface area (Å²) in [6.45, 7) is 9.75. The first-order valence-corrected chi connectivity index (χ1v) is 14.7. The van der Waals surface area contributed by atoms with E-state index < -0.39 is 0 Å². The Morgan fingerprint density at radius 2 is 1.86 bits per heavy atom. The molecular formula is C33H37N7O3. The second-order valence-corrected chi connectivity index (χ2v) is 11.6. The summed E-state index contributed by atoms with van der Waals surface area (Å²) < 4.78 is 7.47. The van der Waals surface area contributed by atoms with Gasteiger partial charge >= 0.3 is 0 Å². The number of carbonyl (C=O) groups excluding carboxylic acids is 1. The molecule has 2 N–H and O–H groups in total. The van der Waals surface area contributed by atoms with Crippen molar-refractivity contribution in [2.24, 2.45) is 0 Å². The van der Waals surface area contributed by atoms with Crippen LogP contribution in [0.4, 0.5) is 5.82 Å². The second-order valence-electron chi connectivity index (χ2n) is 11.6. The largest absolute Gasteiger partial charge is 0.381 e. The highest BCUT2D eigenvalue weighted by atomic mass is 16.5. The Hall–Kier alpha value is -4.57. The second kappa shape index (κ2) is 11.6. The fourth-order valence-electron chi connectivity index (χ4n) is 6.05. The van der Waals surface area contributed by atoms with Crippen LogP contribution in [-0.4, -0.2) is 56.9 Å². The first kappa shape index (κ1) is 28.5. The summed E-state index contributed by atoms with van der Waals surface area (Å²) in [5, 5.41) is 9.33. The SMILES string of the molecule is COC1CCN(c2ncnc3cc(-c4cc(C(=O)NCc5c(C)cc(C)[nH]c5=O)c5cnn(C(C)C)c5c4)ccc23)CC1. The summed E-state index contributed by atoms with van der Waals surface area (Å²) >= 11 is 0. The lowest BCUT2D eigenvalue weighted by Gasteiger charge is -2.32. The number of fused-ring (bicyclic) bond motifs is 2. The molecule has 1 aliphatic heterocycles. The van der Waals surface area contributed by atoms with Crippen molar-refractivity contribution in [1.29, 1.82) is 0 Å². The molecule has 43 heavy (non-hydrogen) atoms. The number of ether oxygens (including phenoxy) is 1. The number of piperidine rings is 1. The van der Waals surface area contributed by atoms with Crippen molar-refractivity contribution in [3.63, 3.8) is 0 Å². The lowest BCUT2D eigenvalue weighted by atomic mass is 9.98. The minimum atomic E-state index is -0.264. The number of rotatable bonds is 7. The van der Waals surface area contributed by atoms with Crippen LogP contribution in [0.3, 0.4) is 0 Å². The lowest BCUT2D eigenvalue weighted by molar-refractivity contribution is 0.0818. The number of carbonyl (C=O) groups is 1. The van der Waals surface area contributed by atoms with Gasteiger partial charge in [0.05, 0.1) is 28.9 Å². The van der Waals surface area contributed by atoms with Gasteiger partial charge in [-0.3, -0.25) is 14.3 Å². The number of methoxy groups -OCH3 is 1. The Kier molecular flexibility index (Phi) is 7.70. The number of pyridine rings is 1. The van der Waals surface area contributed by atoms with Gasteiger partial charge in [0.1, 0.15) is 12.1 Å². The zero-order valence-corrected chi connectivity index (χ0v) is 25.3. The minimum Gasteiger partial charge on any atom is -0.381 e. The van der Waals surface area contributed by atoms with Crippen LogP contribution in [0.15, 0.2) is 53.7 Å². The third kappa shape index (κ3) is 5.50. The van der Waals surface area contributed by atoms with Crippen LogP contribution in [0.1, 0.15) is 59.9 Å². The quantitative estimate of drug-likeness (QED) is 0.276. The van der Waals surface area contributed by atoms with Gasteiger partial charge in [-0.25, -0.2) is 9.97 Å². The molecule has 0 aliphatic carbocycles. The maximum atomic E-state index is 13.7. The number of anilines is 1. The predicted octanol–water partition coefficient (Wildman–Crippen LogP) is 5.08. The molecule has 1 aliphatic rings. The third-order valence-corrected chi connectivity index (χ3v) is 8.39. The fourth-order valence-corrected chi connectivity index (χ4v) is 6.05. The highest BCUT2D eigenvalue weighted by molar-refractivity contribution is 6.08. The zero-order chi connectivity index (χ0) is 30.2. The topological polar surface area (TPSA) is 118 Å². The minimum absolute atomic E-state index is 0.103. The Balaban J connectivity index is 1.37. The molecule has 0 atom stereocenters. The van der Waals surface area contributed by atoms with E-state index in [4.69, 9.17) is 4.74 Å². The van der Waals surface area contributed by atoms with Gasteiger partial charge in [-0.15, -0.1) is 0 Å². The molecule has 10 heteroatoms. The van der Waals surface area contributed by atoms with E-state index >= 15 is 0 Å². The van der Waals surface area contributed by atoms with Gasteiger partial charge in [0, 0.05) is 54.8 Å². The van der Waals surface area contributed by atoms with Crippen LogP contribution in [0.5, 0.6) is 0 Å². The third-order valence-electron chi connectivity index (χ3n) is 8.39. The molecule has 5 aromatic rings. The summed E-state index contributed by atoms with van der Waals surface area (Å²) in [7, 11) is 1.77. The first-order valence-electron chi connectivity index (χ1n) is 14.7. The molecule has 1 fully saturated rings. The van der Waals surface area contributed by atoms with Crippen molar-refractivity contribution < 1.29 is 9.53 Å². The van der Waals surface area contributed by atoms with Crippen LogP contribution in [-0.2, 0) is 11.3 Å². The number of H-pyrrole nitrogens is 1. The lowest BCUT2D eigenvalue weighted by Crippen LogP contribution is -2.37. The molecule has 6 rings (SSSR count). The number of nitrogens with zero attached hydrogens (tertiary/aromatic N) is 5. The molecule has 2 aromatic carbocycles. The van der Waals surface area contributed by atoms with Crippen LogP contribution in [0.25, 0.3) is 32.9 Å². The molecule has 3 aromatic heterocycles. The van der Waals surface area contributed by atoms with E-state index in [0.29, 0.717) is 11.1 Å². The maximum Gasteiger partial charge on any atom is 0.253 e. The number of benzene rings is 2. The highest BCUT2D eigenvalue weighted by Crippen LogP contribution is 2.33. The number of nitrogens with one attached hydrogen (secondary N) is 2. The van der Waals surface area contributed by atoms with Crippen LogP contribution in [0, 0.1) is 13.8 Å². The number of hydrogen-bond donors (Lipinski definition) is 2. The fraction of sp³-hybridized carbons (Fsp3) is 0.364. The Morgan fingerprint density at radius 1 is 1.07 bits per heavy atom. The molecule has 222 valence electrons. The molecule has 1 saturated heterocycles. The van der Waals surface area contributed by atoms with Crippen molar-refractivity contribution in [2.75, 3.05) is 25.1 Å². The van der Waals surface area contributed by atoms with Gasteiger partial charge in [-0.05, 0) is 87.6 Å². The summed E-state index contributed by atoms with van der Waals surface area (Å²) in [4.78, 5) is 40.6. The van der Waals surface area contributed by atoms with Crippen molar-refractivity contribution in [2.45, 2.75) is 59.2 Å². The highest BCUT2D eigenvalue weighted by Gasteiger charge is 2.22. The molecular weight excluding hydrogens is 542 g/mol. The normalized spacial score (nSPS) is 14.2. The Bertz CT molecular complexity index is 1880. The number of aryl methyl sites for hydroxylation is 2. The van der Waals surface area contributed by atoms with E-state index in [0.717, 1.165) is 75.9 Å². The predicted molar refractivity (Wildman–Crippen MR) is 169 cm³/mol. The number of aromatic amines is 1. The van der Waals surface area contributed by atoms with E-state index in [1.807, 2.05) is 30.7 Å². The van der Waals surface area contributed by atoms with Crippen molar-refractivity contribution in [1.82, 2.24) is 30.0 Å². The smallest absolute Gasteiger partial charge is 0.253 e. The van der Waals surface area contributed by atoms with Crippen molar-refractivity contribution in [3.8, 4) is 11.1 Å². The molecule has 10 nitrogen and oxygen atoms in total. The van der Waals surface area contributed by atoms with E-state index in [1.54, 1.807) is 19.6 Å². The molecule has 4 heterocycles. The molecule has 0 spiro atoms. The molecule has 0 saturated carbocycles. The number of aromatic nitrogens is 5. The Morgan fingerprint density at radius 3 is 2.58 bits per heavy atom. The molecule has 1 amide bonds. The summed E-state index contributed by atoms with van der Waals surface area (Å²) in [6, 6.07) is 12.2. The van der Waals surface area contributed by atoms with Gasteiger partial charge in [-0.1, -0.05) is 6.07 Å². The molecule has 0 bridgehead atoms. The van der Waals surface area contributed by atoms with Crippen molar-refractivity contribution in [3.05, 3.63) is 81.7 Å².